The zero-order valence-electron chi connectivity index (χ0n) is 12.4. The average Bonchev–Trinajstić information content (AvgIpc) is 2.49. The van der Waals surface area contributed by atoms with E-state index in [1.807, 2.05) is 37.3 Å². The van der Waals surface area contributed by atoms with Gasteiger partial charge < -0.3 is 4.74 Å². The lowest BCUT2D eigenvalue weighted by molar-refractivity contribution is 0.413. The van der Waals surface area contributed by atoms with Crippen molar-refractivity contribution in [3.05, 3.63) is 65.0 Å². The summed E-state index contributed by atoms with van der Waals surface area (Å²) in [7, 11) is 1.65. The van der Waals surface area contributed by atoms with Crippen molar-refractivity contribution in [3.63, 3.8) is 0 Å². The normalized spacial score (nSPS) is 12.2. The molecule has 2 aromatic carbocycles. The van der Waals surface area contributed by atoms with Crippen molar-refractivity contribution in [3.8, 4) is 5.75 Å². The van der Waals surface area contributed by atoms with Crippen molar-refractivity contribution in [1.29, 1.82) is 0 Å². The summed E-state index contributed by atoms with van der Waals surface area (Å²) < 4.78 is 18.4. The highest BCUT2D eigenvalue weighted by Crippen LogP contribution is 2.17. The molecule has 0 saturated heterocycles. The molecule has 0 aromatic heterocycles. The summed E-state index contributed by atoms with van der Waals surface area (Å²) in [4.78, 5) is 0. The molecule has 0 bridgehead atoms. The topological polar surface area (TPSA) is 47.3 Å². The van der Waals surface area contributed by atoms with E-state index < -0.39 is 0 Å². The first-order valence-corrected chi connectivity index (χ1v) is 6.96. The number of halogens is 1. The molecule has 21 heavy (non-hydrogen) atoms. The fourth-order valence-corrected chi connectivity index (χ4v) is 2.43. The number of benzene rings is 2. The fraction of sp³-hybridized carbons (Fsp3) is 0.294. The molecule has 112 valence electrons. The smallest absolute Gasteiger partial charge is 0.123 e. The number of nitrogens with two attached hydrogens (primary N) is 1. The Morgan fingerprint density at radius 1 is 1.19 bits per heavy atom. The van der Waals surface area contributed by atoms with E-state index in [0.29, 0.717) is 0 Å². The van der Waals surface area contributed by atoms with E-state index in [-0.39, 0.29) is 11.9 Å². The monoisotopic (exact) mass is 288 g/mol. The Hall–Kier alpha value is -1.91. The summed E-state index contributed by atoms with van der Waals surface area (Å²) in [6.45, 7) is 1.91. The number of nitrogens with one attached hydrogen (secondary N) is 1. The Labute approximate surface area is 124 Å². The van der Waals surface area contributed by atoms with Gasteiger partial charge in [-0.1, -0.05) is 18.2 Å². The maximum atomic E-state index is 13.1. The van der Waals surface area contributed by atoms with Gasteiger partial charge in [0.2, 0.25) is 0 Å². The average molecular weight is 288 g/mol. The third-order valence-corrected chi connectivity index (χ3v) is 3.62. The quantitative estimate of drug-likeness (QED) is 0.635. The van der Waals surface area contributed by atoms with Crippen molar-refractivity contribution in [2.75, 3.05) is 7.11 Å². The van der Waals surface area contributed by atoms with Gasteiger partial charge in [-0.05, 0) is 60.7 Å². The molecule has 2 aromatic rings. The van der Waals surface area contributed by atoms with E-state index in [1.54, 1.807) is 13.2 Å². The number of methoxy groups -OCH3 is 1. The Balaban J connectivity index is 2.09. The highest BCUT2D eigenvalue weighted by Gasteiger charge is 2.11. The van der Waals surface area contributed by atoms with Crippen molar-refractivity contribution < 1.29 is 9.13 Å². The third-order valence-electron chi connectivity index (χ3n) is 3.62. The Morgan fingerprint density at radius 3 is 2.67 bits per heavy atom. The molecule has 3 N–H and O–H groups in total. The van der Waals surface area contributed by atoms with E-state index in [1.165, 1.54) is 6.07 Å². The SMILES string of the molecule is COc1cccc(CC(Cc2ccc(F)cc2C)NN)c1. The third kappa shape index (κ3) is 4.28. The van der Waals surface area contributed by atoms with E-state index in [2.05, 4.69) is 5.43 Å². The summed E-state index contributed by atoms with van der Waals surface area (Å²) in [5.41, 5.74) is 6.04. The Kier molecular flexibility index (Phi) is 5.31. The molecule has 0 amide bonds. The molecule has 3 nitrogen and oxygen atoms in total. The fourth-order valence-electron chi connectivity index (χ4n) is 2.43. The molecule has 0 aliphatic rings. The van der Waals surface area contributed by atoms with Crippen LogP contribution in [0, 0.1) is 12.7 Å². The minimum atomic E-state index is -0.207. The van der Waals surface area contributed by atoms with Crippen LogP contribution in [0.15, 0.2) is 42.5 Å². The summed E-state index contributed by atoms with van der Waals surface area (Å²) in [6, 6.07) is 12.9. The Bertz CT molecular complexity index is 601. The highest BCUT2D eigenvalue weighted by molar-refractivity contribution is 5.30. The maximum Gasteiger partial charge on any atom is 0.123 e. The van der Waals surface area contributed by atoms with Crippen LogP contribution in [0.1, 0.15) is 16.7 Å². The van der Waals surface area contributed by atoms with Gasteiger partial charge >= 0.3 is 0 Å². The zero-order chi connectivity index (χ0) is 15.2. The number of rotatable bonds is 6. The molecule has 1 unspecified atom stereocenters. The molecular weight excluding hydrogens is 267 g/mol. The Morgan fingerprint density at radius 2 is 2.00 bits per heavy atom. The van der Waals surface area contributed by atoms with Crippen LogP contribution in [0.3, 0.4) is 0 Å². The lowest BCUT2D eigenvalue weighted by atomic mass is 9.96. The molecule has 0 fully saturated rings. The zero-order valence-corrected chi connectivity index (χ0v) is 12.4. The van der Waals surface area contributed by atoms with Crippen molar-refractivity contribution in [1.82, 2.24) is 5.43 Å². The lowest BCUT2D eigenvalue weighted by Gasteiger charge is -2.17. The largest absolute Gasteiger partial charge is 0.497 e. The van der Waals surface area contributed by atoms with Gasteiger partial charge in [0.1, 0.15) is 11.6 Å². The molecule has 0 spiro atoms. The predicted octanol–water partition coefficient (Wildman–Crippen LogP) is 2.76. The van der Waals surface area contributed by atoms with Gasteiger partial charge in [-0.15, -0.1) is 0 Å². The van der Waals surface area contributed by atoms with Crippen LogP contribution in [-0.2, 0) is 12.8 Å². The first-order valence-electron chi connectivity index (χ1n) is 6.96. The van der Waals surface area contributed by atoms with Gasteiger partial charge in [-0.25, -0.2) is 4.39 Å². The molecule has 1 atom stereocenters. The van der Waals surface area contributed by atoms with E-state index in [4.69, 9.17) is 10.6 Å². The van der Waals surface area contributed by atoms with Crippen LogP contribution < -0.4 is 16.0 Å². The minimum absolute atomic E-state index is 0.0845. The predicted molar refractivity (Wildman–Crippen MR) is 82.7 cm³/mol. The second-order valence-electron chi connectivity index (χ2n) is 5.19. The van der Waals surface area contributed by atoms with Gasteiger partial charge in [0.05, 0.1) is 7.11 Å². The first kappa shape index (κ1) is 15.5. The lowest BCUT2D eigenvalue weighted by Crippen LogP contribution is -2.38. The van der Waals surface area contributed by atoms with Gasteiger partial charge in [0.25, 0.3) is 0 Å². The summed E-state index contributed by atoms with van der Waals surface area (Å²) >= 11 is 0. The van der Waals surface area contributed by atoms with Crippen LogP contribution >= 0.6 is 0 Å². The van der Waals surface area contributed by atoms with E-state index in [9.17, 15) is 4.39 Å². The minimum Gasteiger partial charge on any atom is -0.497 e. The molecule has 2 rings (SSSR count). The molecule has 0 aliphatic heterocycles. The molecule has 4 heteroatoms. The second kappa shape index (κ2) is 7.20. The summed E-state index contributed by atoms with van der Waals surface area (Å²) in [6.07, 6.45) is 1.53. The number of aryl methyl sites for hydroxylation is 1. The van der Waals surface area contributed by atoms with Crippen LogP contribution in [0.25, 0.3) is 0 Å². The first-order chi connectivity index (χ1) is 10.1. The summed E-state index contributed by atoms with van der Waals surface area (Å²) in [5, 5.41) is 0. The number of hydrogen-bond donors (Lipinski definition) is 2. The molecule has 0 heterocycles. The van der Waals surface area contributed by atoms with Crippen molar-refractivity contribution >= 4 is 0 Å². The van der Waals surface area contributed by atoms with Gasteiger partial charge in [0.15, 0.2) is 0 Å². The number of hydrazine groups is 1. The van der Waals surface area contributed by atoms with E-state index >= 15 is 0 Å². The molecular formula is C17H21FN2O. The highest BCUT2D eigenvalue weighted by atomic mass is 19.1. The standard InChI is InChI=1S/C17H21FN2O/c1-12-8-15(18)7-6-14(12)11-16(20-19)9-13-4-3-5-17(10-13)21-2/h3-8,10,16,20H,9,11,19H2,1-2H3. The maximum absolute atomic E-state index is 13.1. The van der Waals surface area contributed by atoms with Gasteiger partial charge in [-0.2, -0.15) is 0 Å². The molecule has 0 saturated carbocycles. The summed E-state index contributed by atoms with van der Waals surface area (Å²) in [5.74, 6) is 6.29. The van der Waals surface area contributed by atoms with Crippen molar-refractivity contribution in [2.45, 2.75) is 25.8 Å². The number of hydrogen-bond acceptors (Lipinski definition) is 3. The molecule has 0 radical (unpaired) electrons. The second-order valence-corrected chi connectivity index (χ2v) is 5.19. The van der Waals surface area contributed by atoms with Gasteiger partial charge in [-0.3, -0.25) is 11.3 Å². The van der Waals surface area contributed by atoms with Crippen LogP contribution in [0.5, 0.6) is 5.75 Å². The van der Waals surface area contributed by atoms with Crippen LogP contribution in [-0.4, -0.2) is 13.2 Å². The van der Waals surface area contributed by atoms with Crippen molar-refractivity contribution in [2.24, 2.45) is 5.84 Å². The molecule has 0 aliphatic carbocycles. The van der Waals surface area contributed by atoms with E-state index in [0.717, 1.165) is 35.3 Å². The van der Waals surface area contributed by atoms with Crippen LogP contribution in [0.4, 0.5) is 4.39 Å². The van der Waals surface area contributed by atoms with Gasteiger partial charge in [0, 0.05) is 6.04 Å². The van der Waals surface area contributed by atoms with Crippen LogP contribution in [0.2, 0.25) is 0 Å². The number of ether oxygens (including phenoxy) is 1.